The summed E-state index contributed by atoms with van der Waals surface area (Å²) < 4.78 is 15.9. The summed E-state index contributed by atoms with van der Waals surface area (Å²) in [5.74, 6) is -0.0470. The van der Waals surface area contributed by atoms with Crippen molar-refractivity contribution in [1.82, 2.24) is 20.4 Å². The number of amides is 3. The highest BCUT2D eigenvalue weighted by atomic mass is 16.7. The van der Waals surface area contributed by atoms with Gasteiger partial charge in [-0.05, 0) is 66.2 Å². The van der Waals surface area contributed by atoms with Gasteiger partial charge in [0.25, 0.3) is 0 Å². The standard InChI is InChI=1S/C23H34N4O7/c1-21(2,3)32-18(28)13-31-27-17-12-26(20(27)30)16(10-23(17)7-8-23)15-9-14(34-25-15)11-24-19(29)33-22(4,5)6/h9,16-17H,7-8,10-13H2,1-6H3,(H,24,29)/t16-,17-/m0/s1. The lowest BCUT2D eigenvalue weighted by Gasteiger charge is -2.35. The van der Waals surface area contributed by atoms with Crippen LogP contribution in [0, 0.1) is 5.41 Å². The summed E-state index contributed by atoms with van der Waals surface area (Å²) in [7, 11) is 0. The predicted molar refractivity (Wildman–Crippen MR) is 118 cm³/mol. The molecule has 1 spiro atoms. The largest absolute Gasteiger partial charge is 0.458 e. The third kappa shape index (κ3) is 5.29. The van der Waals surface area contributed by atoms with Gasteiger partial charge in [-0.25, -0.2) is 14.4 Å². The molecule has 1 aliphatic carbocycles. The second kappa shape index (κ2) is 8.44. The van der Waals surface area contributed by atoms with Crippen LogP contribution < -0.4 is 5.32 Å². The molecule has 1 aromatic heterocycles. The Bertz CT molecular complexity index is 957. The molecule has 3 aliphatic rings. The van der Waals surface area contributed by atoms with Crippen LogP contribution in [0.3, 0.4) is 0 Å². The van der Waals surface area contributed by atoms with Crippen molar-refractivity contribution in [2.75, 3.05) is 13.2 Å². The molecule has 188 valence electrons. The summed E-state index contributed by atoms with van der Waals surface area (Å²) in [4.78, 5) is 44.6. The molecule has 2 atom stereocenters. The number of carbonyl (C=O) groups is 3. The average molecular weight is 479 g/mol. The predicted octanol–water partition coefficient (Wildman–Crippen LogP) is 3.30. The van der Waals surface area contributed by atoms with Crippen LogP contribution in [0.4, 0.5) is 9.59 Å². The Labute approximate surface area is 199 Å². The quantitative estimate of drug-likeness (QED) is 0.618. The van der Waals surface area contributed by atoms with Gasteiger partial charge >= 0.3 is 18.1 Å². The minimum absolute atomic E-state index is 0.0604. The van der Waals surface area contributed by atoms with Crippen molar-refractivity contribution < 1.29 is 33.2 Å². The van der Waals surface area contributed by atoms with Crippen LogP contribution in [-0.2, 0) is 25.7 Å². The zero-order chi connectivity index (χ0) is 24.9. The molecule has 3 fully saturated rings. The van der Waals surface area contributed by atoms with Gasteiger partial charge in [-0.1, -0.05) is 5.16 Å². The second-order valence-corrected chi connectivity index (χ2v) is 11.3. The van der Waals surface area contributed by atoms with Crippen LogP contribution in [0.2, 0.25) is 0 Å². The molecule has 34 heavy (non-hydrogen) atoms. The van der Waals surface area contributed by atoms with Gasteiger partial charge in [0.1, 0.15) is 16.9 Å². The fourth-order valence-corrected chi connectivity index (χ4v) is 4.58. The minimum Gasteiger partial charge on any atom is -0.458 e. The SMILES string of the molecule is CC(C)(C)OC(=O)CON1C(=O)N2C[C@H]1C1(CC1)C[C@H]2c1cc(CNC(=O)OC(C)(C)C)on1. The number of hydroxylamine groups is 2. The van der Waals surface area contributed by atoms with E-state index in [1.807, 2.05) is 0 Å². The summed E-state index contributed by atoms with van der Waals surface area (Å²) in [6.07, 6.45) is 2.15. The van der Waals surface area contributed by atoms with Crippen LogP contribution in [0.5, 0.6) is 0 Å². The lowest BCUT2D eigenvalue weighted by atomic mass is 9.84. The van der Waals surface area contributed by atoms with E-state index in [-0.39, 0.29) is 36.7 Å². The molecule has 0 aromatic carbocycles. The van der Waals surface area contributed by atoms with E-state index in [0.29, 0.717) is 18.0 Å². The number of nitrogens with zero attached hydrogens (tertiary/aromatic N) is 3. The molecule has 11 heteroatoms. The van der Waals surface area contributed by atoms with Crippen molar-refractivity contribution in [2.45, 2.75) is 90.6 Å². The first-order chi connectivity index (χ1) is 15.8. The highest BCUT2D eigenvalue weighted by molar-refractivity contribution is 5.78. The summed E-state index contributed by atoms with van der Waals surface area (Å²) >= 11 is 0. The van der Waals surface area contributed by atoms with Gasteiger partial charge < -0.3 is 24.2 Å². The number of nitrogens with one attached hydrogen (secondary N) is 1. The number of ether oxygens (including phenoxy) is 2. The summed E-state index contributed by atoms with van der Waals surface area (Å²) in [5, 5.41) is 8.18. The normalized spacial score (nSPS) is 23.3. The molecule has 1 aromatic rings. The van der Waals surface area contributed by atoms with Crippen molar-refractivity contribution in [1.29, 1.82) is 0 Å². The highest BCUT2D eigenvalue weighted by Gasteiger charge is 2.63. The number of hydrogen-bond acceptors (Lipinski definition) is 8. The van der Waals surface area contributed by atoms with Crippen molar-refractivity contribution in [2.24, 2.45) is 5.41 Å². The minimum atomic E-state index is -0.624. The molecule has 0 radical (unpaired) electrons. The van der Waals surface area contributed by atoms with Crippen LogP contribution >= 0.6 is 0 Å². The van der Waals surface area contributed by atoms with Gasteiger partial charge in [0, 0.05) is 12.6 Å². The van der Waals surface area contributed by atoms with Crippen molar-refractivity contribution in [3.8, 4) is 0 Å². The molecule has 11 nitrogen and oxygen atoms in total. The summed E-state index contributed by atoms with van der Waals surface area (Å²) in [6, 6.07) is 1.09. The Balaban J connectivity index is 1.40. The van der Waals surface area contributed by atoms with E-state index in [4.69, 9.17) is 18.8 Å². The maximum atomic E-state index is 13.2. The molecule has 1 N–H and O–H groups in total. The number of fused-ring (bicyclic) bond motifs is 3. The Morgan fingerprint density at radius 2 is 1.85 bits per heavy atom. The lowest BCUT2D eigenvalue weighted by molar-refractivity contribution is -0.185. The monoisotopic (exact) mass is 478 g/mol. The summed E-state index contributed by atoms with van der Waals surface area (Å²) in [5.41, 5.74) is -0.648. The van der Waals surface area contributed by atoms with Gasteiger partial charge in [-0.3, -0.25) is 4.84 Å². The third-order valence-corrected chi connectivity index (χ3v) is 6.13. The van der Waals surface area contributed by atoms with Gasteiger partial charge in [-0.15, -0.1) is 0 Å². The molecule has 2 aliphatic heterocycles. The Morgan fingerprint density at radius 3 is 2.47 bits per heavy atom. The van der Waals surface area contributed by atoms with Crippen LogP contribution in [0.1, 0.15) is 78.3 Å². The Morgan fingerprint density at radius 1 is 1.18 bits per heavy atom. The second-order valence-electron chi connectivity index (χ2n) is 11.3. The van der Waals surface area contributed by atoms with E-state index in [1.54, 1.807) is 52.5 Å². The molecule has 2 saturated heterocycles. The van der Waals surface area contributed by atoms with Crippen LogP contribution in [0.15, 0.2) is 10.6 Å². The molecular weight excluding hydrogens is 444 g/mol. The number of carbonyl (C=O) groups excluding carboxylic acids is 3. The number of alkyl carbamates (subject to hydrolysis) is 1. The number of esters is 1. The van der Waals surface area contributed by atoms with Gasteiger partial charge in [0.15, 0.2) is 12.4 Å². The molecule has 0 unspecified atom stereocenters. The fraction of sp³-hybridized carbons (Fsp3) is 0.739. The number of aromatic nitrogens is 1. The Hall–Kier alpha value is -2.82. The zero-order valence-corrected chi connectivity index (χ0v) is 20.7. The number of urea groups is 1. The Kier molecular flexibility index (Phi) is 6.03. The molecule has 4 rings (SSSR count). The third-order valence-electron chi connectivity index (χ3n) is 6.13. The zero-order valence-electron chi connectivity index (χ0n) is 20.7. The summed E-state index contributed by atoms with van der Waals surface area (Å²) in [6.45, 7) is 11.0. The number of hydrogen-bond donors (Lipinski definition) is 1. The molecule has 3 amide bonds. The van der Waals surface area contributed by atoms with E-state index in [9.17, 15) is 14.4 Å². The molecular formula is C23H34N4O7. The average Bonchev–Trinajstić information content (AvgIpc) is 3.18. The van der Waals surface area contributed by atoms with E-state index in [1.165, 1.54) is 5.06 Å². The van der Waals surface area contributed by atoms with Crippen molar-refractivity contribution in [3.05, 3.63) is 17.5 Å². The molecule has 1 saturated carbocycles. The van der Waals surface area contributed by atoms with E-state index in [0.717, 1.165) is 19.3 Å². The van der Waals surface area contributed by atoms with E-state index < -0.39 is 23.3 Å². The highest BCUT2D eigenvalue weighted by Crippen LogP contribution is 2.61. The molecule has 2 bridgehead atoms. The van der Waals surface area contributed by atoms with Crippen LogP contribution in [0.25, 0.3) is 0 Å². The fourth-order valence-electron chi connectivity index (χ4n) is 4.58. The van der Waals surface area contributed by atoms with Gasteiger partial charge in [0.2, 0.25) is 0 Å². The van der Waals surface area contributed by atoms with Crippen molar-refractivity contribution in [3.63, 3.8) is 0 Å². The first-order valence-corrected chi connectivity index (χ1v) is 11.6. The topological polar surface area (TPSA) is 123 Å². The van der Waals surface area contributed by atoms with Crippen LogP contribution in [-0.4, -0.2) is 63.6 Å². The first-order valence-electron chi connectivity index (χ1n) is 11.6. The van der Waals surface area contributed by atoms with E-state index >= 15 is 0 Å². The smallest absolute Gasteiger partial charge is 0.408 e. The lowest BCUT2D eigenvalue weighted by Crippen LogP contribution is -2.43. The maximum Gasteiger partial charge on any atom is 0.408 e. The van der Waals surface area contributed by atoms with Crippen molar-refractivity contribution >= 4 is 18.1 Å². The number of rotatable bonds is 6. The first kappa shape index (κ1) is 24.3. The van der Waals surface area contributed by atoms with Gasteiger partial charge in [0.05, 0.1) is 18.6 Å². The van der Waals surface area contributed by atoms with E-state index in [2.05, 4.69) is 10.5 Å². The molecule has 3 heterocycles. The maximum absolute atomic E-state index is 13.2. The van der Waals surface area contributed by atoms with Gasteiger partial charge in [-0.2, -0.15) is 5.06 Å². The number of piperidine rings is 1.